The van der Waals surface area contributed by atoms with Gasteiger partial charge in [0.1, 0.15) is 22.9 Å². The summed E-state index contributed by atoms with van der Waals surface area (Å²) >= 11 is 0. The summed E-state index contributed by atoms with van der Waals surface area (Å²) in [5.74, 6) is -8.43. The molecule has 0 spiro atoms. The Balaban J connectivity index is 1.72. The molecule has 1 saturated carbocycles. The van der Waals surface area contributed by atoms with Crippen LogP contribution in [0.5, 0.6) is 5.75 Å². The Morgan fingerprint density at radius 2 is 1.32 bits per heavy atom. The topological polar surface area (TPSA) is 9.23 Å². The zero-order valence-corrected chi connectivity index (χ0v) is 17.0. The van der Waals surface area contributed by atoms with E-state index in [-0.39, 0.29) is 17.7 Å². The standard InChI is InChI=1S/C23H23F7O/c1-2-13-3-5-14(6-4-13)7-8-15-9-17(24)21(18(25)10-15)23(29,30)31-16-11-19(26)22(28)20(27)12-16/h9-14H,2-8H2,1H3/t13-,14-. The van der Waals surface area contributed by atoms with E-state index in [9.17, 15) is 30.7 Å². The lowest BCUT2D eigenvalue weighted by molar-refractivity contribution is -0.189. The second kappa shape index (κ2) is 9.49. The Labute approximate surface area is 176 Å². The van der Waals surface area contributed by atoms with Gasteiger partial charge in [-0.3, -0.25) is 0 Å². The third-order valence-corrected chi connectivity index (χ3v) is 5.98. The summed E-state index contributed by atoms with van der Waals surface area (Å²) in [6, 6.07) is 1.98. The lowest BCUT2D eigenvalue weighted by atomic mass is 9.78. The quantitative estimate of drug-likeness (QED) is 0.312. The van der Waals surface area contributed by atoms with Gasteiger partial charge in [-0.05, 0) is 42.4 Å². The van der Waals surface area contributed by atoms with E-state index in [1.54, 1.807) is 0 Å². The molecular formula is C23H23F7O. The van der Waals surface area contributed by atoms with Gasteiger partial charge < -0.3 is 4.74 Å². The number of ether oxygens (including phenoxy) is 1. The molecule has 8 heteroatoms. The highest BCUT2D eigenvalue weighted by molar-refractivity contribution is 5.31. The molecule has 0 radical (unpaired) electrons. The third kappa shape index (κ3) is 5.52. The lowest BCUT2D eigenvalue weighted by Crippen LogP contribution is -2.25. The van der Waals surface area contributed by atoms with Crippen molar-refractivity contribution < 1.29 is 35.5 Å². The van der Waals surface area contributed by atoms with Gasteiger partial charge >= 0.3 is 6.11 Å². The zero-order chi connectivity index (χ0) is 22.8. The fraction of sp³-hybridized carbons (Fsp3) is 0.478. The minimum absolute atomic E-state index is 0.170. The maximum atomic E-state index is 14.4. The summed E-state index contributed by atoms with van der Waals surface area (Å²) in [6.45, 7) is 2.15. The summed E-state index contributed by atoms with van der Waals surface area (Å²) in [7, 11) is 0. The zero-order valence-electron chi connectivity index (χ0n) is 17.0. The molecule has 0 unspecified atom stereocenters. The first-order chi connectivity index (χ1) is 14.6. The Hall–Kier alpha value is -2.25. The van der Waals surface area contributed by atoms with Crippen molar-refractivity contribution in [2.75, 3.05) is 0 Å². The van der Waals surface area contributed by atoms with Crippen molar-refractivity contribution >= 4 is 0 Å². The fourth-order valence-electron chi connectivity index (χ4n) is 4.14. The van der Waals surface area contributed by atoms with Crippen molar-refractivity contribution in [1.29, 1.82) is 0 Å². The van der Waals surface area contributed by atoms with E-state index >= 15 is 0 Å². The van der Waals surface area contributed by atoms with Crippen molar-refractivity contribution in [2.45, 2.75) is 58.0 Å². The molecule has 0 aromatic heterocycles. The first-order valence-corrected chi connectivity index (χ1v) is 10.3. The molecule has 1 nitrogen and oxygen atoms in total. The summed E-state index contributed by atoms with van der Waals surface area (Å²) in [6.07, 6.45) is 1.94. The summed E-state index contributed by atoms with van der Waals surface area (Å²) in [5.41, 5.74) is -1.43. The second-order valence-electron chi connectivity index (χ2n) is 8.09. The van der Waals surface area contributed by atoms with Gasteiger partial charge in [-0.15, -0.1) is 0 Å². The Bertz CT molecular complexity index is 874. The van der Waals surface area contributed by atoms with E-state index in [0.717, 1.165) is 50.2 Å². The van der Waals surface area contributed by atoms with Gasteiger partial charge in [-0.25, -0.2) is 22.0 Å². The molecule has 0 heterocycles. The molecule has 0 N–H and O–H groups in total. The van der Waals surface area contributed by atoms with Crippen LogP contribution in [0.3, 0.4) is 0 Å². The molecule has 1 aliphatic carbocycles. The van der Waals surface area contributed by atoms with Gasteiger partial charge in [0.2, 0.25) is 0 Å². The number of aryl methyl sites for hydroxylation is 1. The van der Waals surface area contributed by atoms with Crippen molar-refractivity contribution in [3.8, 4) is 5.75 Å². The minimum Gasteiger partial charge on any atom is -0.429 e. The van der Waals surface area contributed by atoms with Gasteiger partial charge in [0.25, 0.3) is 0 Å². The molecule has 0 saturated heterocycles. The van der Waals surface area contributed by atoms with Crippen LogP contribution in [0.25, 0.3) is 0 Å². The van der Waals surface area contributed by atoms with Crippen LogP contribution in [0.2, 0.25) is 0 Å². The third-order valence-electron chi connectivity index (χ3n) is 5.98. The van der Waals surface area contributed by atoms with Crippen LogP contribution in [0.4, 0.5) is 30.7 Å². The van der Waals surface area contributed by atoms with Gasteiger partial charge in [0, 0.05) is 12.1 Å². The summed E-state index contributed by atoms with van der Waals surface area (Å²) in [5, 5.41) is 0. The molecule has 0 bridgehead atoms. The first kappa shape index (κ1) is 23.4. The Morgan fingerprint density at radius 3 is 1.84 bits per heavy atom. The van der Waals surface area contributed by atoms with Gasteiger partial charge in [-0.2, -0.15) is 8.78 Å². The molecule has 0 atom stereocenters. The Kier molecular flexibility index (Phi) is 7.17. The normalized spacial score (nSPS) is 19.5. The summed E-state index contributed by atoms with van der Waals surface area (Å²) in [4.78, 5) is 0. The Morgan fingerprint density at radius 1 is 0.806 bits per heavy atom. The monoisotopic (exact) mass is 448 g/mol. The number of hydrogen-bond acceptors (Lipinski definition) is 1. The van der Waals surface area contributed by atoms with Crippen LogP contribution in [-0.4, -0.2) is 0 Å². The number of halogens is 7. The smallest absolute Gasteiger partial charge is 0.429 e. The van der Waals surface area contributed by atoms with E-state index < -0.39 is 46.5 Å². The molecular weight excluding hydrogens is 425 g/mol. The van der Waals surface area contributed by atoms with E-state index in [1.165, 1.54) is 0 Å². The van der Waals surface area contributed by atoms with Crippen molar-refractivity contribution in [1.82, 2.24) is 0 Å². The van der Waals surface area contributed by atoms with Gasteiger partial charge in [-0.1, -0.05) is 39.0 Å². The van der Waals surface area contributed by atoms with Gasteiger partial charge in [0.15, 0.2) is 17.5 Å². The van der Waals surface area contributed by atoms with Crippen LogP contribution < -0.4 is 4.74 Å². The SMILES string of the molecule is CC[C@H]1CC[C@H](CCc2cc(F)c(C(F)(F)Oc3cc(F)c(F)c(F)c3)c(F)c2)CC1. The van der Waals surface area contributed by atoms with E-state index in [1.807, 2.05) is 0 Å². The number of alkyl halides is 2. The fourth-order valence-corrected chi connectivity index (χ4v) is 4.14. The maximum absolute atomic E-state index is 14.4. The molecule has 0 aliphatic heterocycles. The molecule has 1 aliphatic rings. The van der Waals surface area contributed by atoms with Crippen molar-refractivity contribution in [3.05, 3.63) is 64.5 Å². The van der Waals surface area contributed by atoms with Crippen molar-refractivity contribution in [2.24, 2.45) is 11.8 Å². The average Bonchev–Trinajstić information content (AvgIpc) is 2.69. The van der Waals surface area contributed by atoms with Crippen molar-refractivity contribution in [3.63, 3.8) is 0 Å². The van der Waals surface area contributed by atoms with Crippen LogP contribution in [-0.2, 0) is 12.5 Å². The molecule has 170 valence electrons. The predicted molar refractivity (Wildman–Crippen MR) is 101 cm³/mol. The van der Waals surface area contributed by atoms with Crippen LogP contribution in [0.1, 0.15) is 56.6 Å². The number of hydrogen-bond donors (Lipinski definition) is 0. The minimum atomic E-state index is -4.57. The largest absolute Gasteiger partial charge is 0.432 e. The molecule has 2 aromatic carbocycles. The van der Waals surface area contributed by atoms with Gasteiger partial charge in [0.05, 0.1) is 0 Å². The van der Waals surface area contributed by atoms with Crippen LogP contribution in [0.15, 0.2) is 24.3 Å². The number of benzene rings is 2. The second-order valence-corrected chi connectivity index (χ2v) is 8.09. The van der Waals surface area contributed by atoms with E-state index in [4.69, 9.17) is 0 Å². The maximum Gasteiger partial charge on any atom is 0.432 e. The summed E-state index contributed by atoms with van der Waals surface area (Å²) < 4.78 is 101. The molecule has 1 fully saturated rings. The first-order valence-electron chi connectivity index (χ1n) is 10.3. The highest BCUT2D eigenvalue weighted by Gasteiger charge is 2.41. The highest BCUT2D eigenvalue weighted by Crippen LogP contribution is 2.37. The lowest BCUT2D eigenvalue weighted by Gasteiger charge is -2.27. The van der Waals surface area contributed by atoms with Crippen LogP contribution in [0, 0.1) is 40.9 Å². The molecule has 0 amide bonds. The average molecular weight is 448 g/mol. The molecule has 2 aromatic rings. The predicted octanol–water partition coefficient (Wildman–Crippen LogP) is 7.66. The van der Waals surface area contributed by atoms with E-state index in [2.05, 4.69) is 11.7 Å². The highest BCUT2D eigenvalue weighted by atomic mass is 19.3. The van der Waals surface area contributed by atoms with Crippen LogP contribution >= 0.6 is 0 Å². The number of rotatable bonds is 7. The van der Waals surface area contributed by atoms with E-state index in [0.29, 0.717) is 18.8 Å². The molecule has 31 heavy (non-hydrogen) atoms. The molecule has 3 rings (SSSR count).